The molecule has 0 radical (unpaired) electrons. The fourth-order valence-corrected chi connectivity index (χ4v) is 2.29. The van der Waals surface area contributed by atoms with Gasteiger partial charge in [-0.1, -0.05) is 11.8 Å². The van der Waals surface area contributed by atoms with Crippen molar-refractivity contribution in [3.63, 3.8) is 0 Å². The molecule has 0 aromatic rings. The van der Waals surface area contributed by atoms with E-state index in [0.717, 1.165) is 32.3 Å². The lowest BCUT2D eigenvalue weighted by molar-refractivity contribution is -0.118. The molecule has 0 bridgehead atoms. The molecule has 82 valence electrons. The molecule has 0 aliphatic carbocycles. The molecule has 2 rings (SSSR count). The van der Waals surface area contributed by atoms with Gasteiger partial charge in [0.25, 0.3) is 0 Å². The predicted molar refractivity (Wildman–Crippen MR) is 59.2 cm³/mol. The highest BCUT2D eigenvalue weighted by Gasteiger charge is 2.20. The van der Waals surface area contributed by atoms with Crippen molar-refractivity contribution in [2.24, 2.45) is 0 Å². The van der Waals surface area contributed by atoms with Gasteiger partial charge in [0.05, 0.1) is 12.6 Å². The largest absolute Gasteiger partial charge is 0.331 e. The van der Waals surface area contributed by atoms with Crippen LogP contribution in [0.3, 0.4) is 0 Å². The van der Waals surface area contributed by atoms with Crippen LogP contribution < -0.4 is 0 Å². The van der Waals surface area contributed by atoms with E-state index in [2.05, 4.69) is 16.7 Å². The highest BCUT2D eigenvalue weighted by molar-refractivity contribution is 5.49. The Labute approximate surface area is 91.4 Å². The summed E-state index contributed by atoms with van der Waals surface area (Å²) in [6, 6.07) is 0.185. The van der Waals surface area contributed by atoms with E-state index in [0.29, 0.717) is 0 Å². The minimum atomic E-state index is 0.185. The van der Waals surface area contributed by atoms with Crippen LogP contribution in [0.15, 0.2) is 0 Å². The summed E-state index contributed by atoms with van der Waals surface area (Å²) in [5.74, 6) is 6.42. The number of likely N-dealkylation sites (tertiary alicyclic amines) is 2. The smallest absolute Gasteiger partial charge is 0.210 e. The molecule has 0 unspecified atom stereocenters. The third-order valence-electron chi connectivity index (χ3n) is 3.20. The molecule has 2 aliphatic rings. The second-order valence-corrected chi connectivity index (χ2v) is 4.31. The molecular weight excluding hydrogens is 188 g/mol. The van der Waals surface area contributed by atoms with Crippen molar-refractivity contribution < 1.29 is 4.79 Å². The van der Waals surface area contributed by atoms with Gasteiger partial charge < -0.3 is 4.90 Å². The fraction of sp³-hybridized carbons (Fsp3) is 0.750. The van der Waals surface area contributed by atoms with E-state index >= 15 is 0 Å². The molecule has 3 nitrogen and oxygen atoms in total. The lowest BCUT2D eigenvalue weighted by atomic mass is 10.2. The van der Waals surface area contributed by atoms with Crippen molar-refractivity contribution in [2.45, 2.75) is 31.7 Å². The van der Waals surface area contributed by atoms with Crippen LogP contribution in [0.2, 0.25) is 0 Å². The minimum absolute atomic E-state index is 0.185. The summed E-state index contributed by atoms with van der Waals surface area (Å²) in [4.78, 5) is 14.9. The van der Waals surface area contributed by atoms with Crippen molar-refractivity contribution in [1.29, 1.82) is 0 Å². The zero-order valence-corrected chi connectivity index (χ0v) is 9.11. The van der Waals surface area contributed by atoms with Crippen molar-refractivity contribution in [3.8, 4) is 11.8 Å². The molecule has 2 aliphatic heterocycles. The van der Waals surface area contributed by atoms with Crippen LogP contribution in [0.25, 0.3) is 0 Å². The Morgan fingerprint density at radius 2 is 2.00 bits per heavy atom. The van der Waals surface area contributed by atoms with Crippen LogP contribution in [-0.2, 0) is 4.79 Å². The first-order valence-corrected chi connectivity index (χ1v) is 5.82. The van der Waals surface area contributed by atoms with Gasteiger partial charge in [-0.3, -0.25) is 9.69 Å². The van der Waals surface area contributed by atoms with E-state index in [9.17, 15) is 4.79 Å². The van der Waals surface area contributed by atoms with Gasteiger partial charge in [0, 0.05) is 6.54 Å². The highest BCUT2D eigenvalue weighted by Crippen LogP contribution is 2.13. The second-order valence-electron chi connectivity index (χ2n) is 4.31. The average Bonchev–Trinajstić information content (AvgIpc) is 2.88. The van der Waals surface area contributed by atoms with Gasteiger partial charge in [-0.2, -0.15) is 0 Å². The van der Waals surface area contributed by atoms with Crippen molar-refractivity contribution in [1.82, 2.24) is 9.80 Å². The van der Waals surface area contributed by atoms with Crippen LogP contribution in [0, 0.1) is 11.8 Å². The van der Waals surface area contributed by atoms with Gasteiger partial charge in [-0.05, 0) is 38.8 Å². The summed E-state index contributed by atoms with van der Waals surface area (Å²) in [5, 5.41) is 0. The number of nitrogens with zero attached hydrogens (tertiary/aromatic N) is 2. The number of hydrogen-bond acceptors (Lipinski definition) is 2. The Balaban J connectivity index is 1.79. The summed E-state index contributed by atoms with van der Waals surface area (Å²) < 4.78 is 0. The Morgan fingerprint density at radius 3 is 2.73 bits per heavy atom. The van der Waals surface area contributed by atoms with Crippen LogP contribution in [-0.4, -0.2) is 48.4 Å². The summed E-state index contributed by atoms with van der Waals surface area (Å²) in [5.41, 5.74) is 0. The molecular formula is C12H18N2O. The maximum atomic E-state index is 10.7. The average molecular weight is 206 g/mol. The first kappa shape index (κ1) is 10.5. The topological polar surface area (TPSA) is 23.6 Å². The Bertz CT molecular complexity index is 273. The SMILES string of the molecule is O=CN1CCC[C@@H]1C#CCN1CCCC1. The Kier molecular flexibility index (Phi) is 3.63. The van der Waals surface area contributed by atoms with Crippen molar-refractivity contribution in [3.05, 3.63) is 0 Å². The summed E-state index contributed by atoms with van der Waals surface area (Å²) in [6.45, 7) is 4.14. The van der Waals surface area contributed by atoms with Crippen molar-refractivity contribution >= 4 is 6.41 Å². The normalized spacial score (nSPS) is 26.4. The van der Waals surface area contributed by atoms with Gasteiger partial charge >= 0.3 is 0 Å². The molecule has 1 amide bonds. The van der Waals surface area contributed by atoms with Crippen LogP contribution in [0.4, 0.5) is 0 Å². The monoisotopic (exact) mass is 206 g/mol. The van der Waals surface area contributed by atoms with Gasteiger partial charge in [0.2, 0.25) is 6.41 Å². The molecule has 0 aromatic heterocycles. The predicted octanol–water partition coefficient (Wildman–Crippen LogP) is 0.706. The maximum Gasteiger partial charge on any atom is 0.210 e. The number of rotatable bonds is 2. The molecule has 0 saturated carbocycles. The van der Waals surface area contributed by atoms with Gasteiger partial charge in [-0.15, -0.1) is 0 Å². The van der Waals surface area contributed by atoms with Gasteiger partial charge in [-0.25, -0.2) is 0 Å². The Hall–Kier alpha value is -1.01. The lowest BCUT2D eigenvalue weighted by Crippen LogP contribution is -2.26. The minimum Gasteiger partial charge on any atom is -0.331 e. The zero-order valence-electron chi connectivity index (χ0n) is 9.11. The molecule has 0 aromatic carbocycles. The fourth-order valence-electron chi connectivity index (χ4n) is 2.29. The van der Waals surface area contributed by atoms with Crippen LogP contribution >= 0.6 is 0 Å². The van der Waals surface area contributed by atoms with E-state index in [1.807, 2.05) is 4.90 Å². The number of carbonyl (C=O) groups is 1. The van der Waals surface area contributed by atoms with E-state index in [-0.39, 0.29) is 6.04 Å². The first-order valence-electron chi connectivity index (χ1n) is 5.82. The molecule has 0 N–H and O–H groups in total. The molecule has 0 spiro atoms. The third-order valence-corrected chi connectivity index (χ3v) is 3.20. The molecule has 2 fully saturated rings. The van der Waals surface area contributed by atoms with Crippen molar-refractivity contribution in [2.75, 3.05) is 26.2 Å². The standard InChI is InChI=1S/C12H18N2O/c15-11-14-10-4-6-12(14)5-3-9-13-7-1-2-8-13/h11-12H,1-2,4,6-10H2/t12-/m0/s1. The summed E-state index contributed by atoms with van der Waals surface area (Å²) in [6.07, 6.45) is 5.70. The maximum absolute atomic E-state index is 10.7. The molecule has 1 atom stereocenters. The third kappa shape index (κ3) is 2.73. The molecule has 3 heteroatoms. The number of amides is 1. The van der Waals surface area contributed by atoms with Gasteiger partial charge in [0.15, 0.2) is 0 Å². The van der Waals surface area contributed by atoms with Crippen LogP contribution in [0.1, 0.15) is 25.7 Å². The Morgan fingerprint density at radius 1 is 1.20 bits per heavy atom. The number of carbonyl (C=O) groups excluding carboxylic acids is 1. The molecule has 2 saturated heterocycles. The van der Waals surface area contributed by atoms with Gasteiger partial charge in [0.1, 0.15) is 0 Å². The number of hydrogen-bond donors (Lipinski definition) is 0. The summed E-state index contributed by atoms with van der Waals surface area (Å²) >= 11 is 0. The quantitative estimate of drug-likeness (QED) is 0.490. The lowest BCUT2D eigenvalue weighted by Gasteiger charge is -2.14. The van der Waals surface area contributed by atoms with E-state index < -0.39 is 0 Å². The summed E-state index contributed by atoms with van der Waals surface area (Å²) in [7, 11) is 0. The molecule has 15 heavy (non-hydrogen) atoms. The van der Waals surface area contributed by atoms with E-state index in [1.54, 1.807) is 0 Å². The van der Waals surface area contributed by atoms with E-state index in [1.165, 1.54) is 25.9 Å². The zero-order chi connectivity index (χ0) is 10.5. The van der Waals surface area contributed by atoms with E-state index in [4.69, 9.17) is 0 Å². The second kappa shape index (κ2) is 5.18. The highest BCUT2D eigenvalue weighted by atomic mass is 16.1. The first-order chi connectivity index (χ1) is 7.40. The molecule has 2 heterocycles. The van der Waals surface area contributed by atoms with Crippen LogP contribution in [0.5, 0.6) is 0 Å².